The van der Waals surface area contributed by atoms with Gasteiger partial charge >= 0.3 is 5.69 Å². The van der Waals surface area contributed by atoms with E-state index in [0.717, 1.165) is 36.3 Å². The average molecular weight is 495 g/mol. The number of hydrogen-bond donors (Lipinski definition) is 0. The van der Waals surface area contributed by atoms with E-state index in [4.69, 9.17) is 4.74 Å². The summed E-state index contributed by atoms with van der Waals surface area (Å²) in [6.45, 7) is 3.74. The quantitative estimate of drug-likeness (QED) is 0.460. The predicted molar refractivity (Wildman–Crippen MR) is 133 cm³/mol. The highest BCUT2D eigenvalue weighted by atomic mass is 32.2. The fraction of sp³-hybridized carbons (Fsp3) is 0.308. The zero-order valence-electron chi connectivity index (χ0n) is 19.9. The Morgan fingerprint density at radius 3 is 2.29 bits per heavy atom. The Labute approximate surface area is 205 Å². The molecule has 0 N–H and O–H groups in total. The van der Waals surface area contributed by atoms with Crippen LogP contribution in [-0.4, -0.2) is 51.5 Å². The van der Waals surface area contributed by atoms with Gasteiger partial charge in [-0.1, -0.05) is 17.7 Å². The van der Waals surface area contributed by atoms with E-state index >= 15 is 0 Å². The van der Waals surface area contributed by atoms with Gasteiger partial charge in [-0.25, -0.2) is 13.3 Å². The Balaban J connectivity index is 1.41. The molecule has 2 unspecified atom stereocenters. The van der Waals surface area contributed by atoms with E-state index in [1.807, 2.05) is 19.1 Å². The van der Waals surface area contributed by atoms with Gasteiger partial charge in [0.15, 0.2) is 7.11 Å². The van der Waals surface area contributed by atoms with Crippen LogP contribution in [0, 0.1) is 11.8 Å². The van der Waals surface area contributed by atoms with Crippen LogP contribution in [0.3, 0.4) is 0 Å². The van der Waals surface area contributed by atoms with Crippen molar-refractivity contribution in [3.8, 4) is 11.5 Å². The Morgan fingerprint density at radius 2 is 1.63 bits per heavy atom. The molecule has 2 heterocycles. The fourth-order valence-corrected chi connectivity index (χ4v) is 6.76. The monoisotopic (exact) mass is 494 g/mol. The number of ether oxygens (including phenoxy) is 1. The summed E-state index contributed by atoms with van der Waals surface area (Å²) in [4.78, 5) is 19.0. The summed E-state index contributed by atoms with van der Waals surface area (Å²) in [7, 11) is -0.375. The summed E-state index contributed by atoms with van der Waals surface area (Å²) >= 11 is 0. The molecule has 3 aromatic carbocycles. The van der Waals surface area contributed by atoms with Crippen LogP contribution in [0.2, 0.25) is 0 Å². The molecular formula is C26H28N3O5S+. The Hall–Kier alpha value is -3.43. The van der Waals surface area contributed by atoms with Crippen LogP contribution in [0.1, 0.15) is 23.5 Å². The minimum atomic E-state index is -3.76. The van der Waals surface area contributed by atoms with E-state index in [-0.39, 0.29) is 16.9 Å². The molecule has 5 rings (SSSR count). The third kappa shape index (κ3) is 4.26. The number of rotatable bonds is 6. The van der Waals surface area contributed by atoms with E-state index in [9.17, 15) is 13.3 Å². The zero-order valence-corrected chi connectivity index (χ0v) is 20.7. The van der Waals surface area contributed by atoms with Gasteiger partial charge in [-0.3, -0.25) is 4.31 Å². The molecule has 3 aromatic rings. The normalized spacial score (nSPS) is 19.7. The molecule has 0 bridgehead atoms. The molecular weight excluding hydrogens is 466 g/mol. The molecule has 0 aliphatic carbocycles. The topological polar surface area (TPSA) is 79.2 Å². The summed E-state index contributed by atoms with van der Waals surface area (Å²) in [5.41, 5.74) is 3.37. The average Bonchev–Trinajstić information content (AvgIpc) is 3.18. The molecule has 8 nitrogen and oxygen atoms in total. The van der Waals surface area contributed by atoms with Crippen LogP contribution in [0.15, 0.2) is 71.6 Å². The predicted octanol–water partition coefficient (Wildman–Crippen LogP) is 4.76. The number of likely N-dealkylation sites (tertiary alicyclic amines) is 1. The van der Waals surface area contributed by atoms with Crippen LogP contribution in [0.5, 0.6) is 11.5 Å². The molecule has 0 amide bonds. The SMILES string of the molecule is CO[N+](=O)c1ccc(Oc2ccc(S(=O)(=O)N3c4ccc(C)cc4C4CN(C)CCC43)cc2)cc1. The van der Waals surface area contributed by atoms with Gasteiger partial charge in [0, 0.05) is 24.6 Å². The fourth-order valence-electron chi connectivity index (χ4n) is 5.02. The van der Waals surface area contributed by atoms with Crippen molar-refractivity contribution in [3.63, 3.8) is 0 Å². The lowest BCUT2D eigenvalue weighted by Gasteiger charge is -2.36. The standard InChI is InChI=1S/C26H28N3O5S/c1-18-4-13-25-23(16-18)24-17-27(2)15-14-26(24)28(25)35(31,32)22-11-9-21(10-12-22)34-20-7-5-19(6-8-20)29(30)33-3/h4-13,16,24,26H,14-15,17H2,1-3H3/q+1. The van der Waals surface area contributed by atoms with Crippen molar-refractivity contribution in [3.05, 3.63) is 82.8 Å². The third-order valence-corrected chi connectivity index (χ3v) is 8.58. The second kappa shape index (κ2) is 8.98. The van der Waals surface area contributed by atoms with E-state index < -0.39 is 10.0 Å². The number of fused-ring (bicyclic) bond motifs is 3. The van der Waals surface area contributed by atoms with Crippen molar-refractivity contribution in [2.75, 3.05) is 31.6 Å². The number of hydrogen-bond acceptors (Lipinski definition) is 6. The molecule has 35 heavy (non-hydrogen) atoms. The first-order chi connectivity index (χ1) is 16.8. The van der Waals surface area contributed by atoms with Crippen molar-refractivity contribution in [1.82, 2.24) is 4.90 Å². The van der Waals surface area contributed by atoms with Gasteiger partial charge in [0.25, 0.3) is 14.9 Å². The van der Waals surface area contributed by atoms with Crippen LogP contribution < -0.4 is 9.04 Å². The number of nitrogens with zero attached hydrogens (tertiary/aromatic N) is 3. The van der Waals surface area contributed by atoms with Gasteiger partial charge in [-0.15, -0.1) is 0 Å². The van der Waals surface area contributed by atoms with E-state index in [1.165, 1.54) is 7.11 Å². The number of anilines is 1. The lowest BCUT2D eigenvalue weighted by Crippen LogP contribution is -2.47. The van der Waals surface area contributed by atoms with Crippen LogP contribution in [-0.2, 0) is 14.9 Å². The molecule has 2 atom stereocenters. The molecule has 2 aliphatic heterocycles. The first-order valence-corrected chi connectivity index (χ1v) is 12.9. The lowest BCUT2D eigenvalue weighted by molar-refractivity contribution is -0.736. The van der Waals surface area contributed by atoms with Crippen LogP contribution in [0.25, 0.3) is 0 Å². The van der Waals surface area contributed by atoms with E-state index in [0.29, 0.717) is 22.1 Å². The van der Waals surface area contributed by atoms with Gasteiger partial charge in [0.2, 0.25) is 0 Å². The highest BCUT2D eigenvalue weighted by Gasteiger charge is 2.46. The summed E-state index contributed by atoms with van der Waals surface area (Å²) in [5.74, 6) is 1.18. The maximum absolute atomic E-state index is 13.8. The van der Waals surface area contributed by atoms with Crippen LogP contribution in [0.4, 0.5) is 11.4 Å². The van der Waals surface area contributed by atoms with Gasteiger partial charge in [0.05, 0.1) is 21.5 Å². The number of piperidine rings is 1. The van der Waals surface area contributed by atoms with Crippen molar-refractivity contribution >= 4 is 21.4 Å². The second-order valence-electron chi connectivity index (χ2n) is 9.09. The number of aryl methyl sites for hydroxylation is 1. The van der Waals surface area contributed by atoms with Gasteiger partial charge < -0.3 is 9.64 Å². The Bertz CT molecular complexity index is 1360. The van der Waals surface area contributed by atoms with E-state index in [2.05, 4.69) is 22.9 Å². The largest absolute Gasteiger partial charge is 0.457 e. The molecule has 1 fully saturated rings. The van der Waals surface area contributed by atoms with Crippen LogP contribution >= 0.6 is 0 Å². The number of sulfonamides is 1. The van der Waals surface area contributed by atoms with Gasteiger partial charge in [-0.05, 0) is 75.0 Å². The maximum Gasteiger partial charge on any atom is 0.317 e. The number of benzene rings is 3. The second-order valence-corrected chi connectivity index (χ2v) is 10.9. The first-order valence-electron chi connectivity index (χ1n) is 11.5. The van der Waals surface area contributed by atoms with Gasteiger partial charge in [-0.2, -0.15) is 0 Å². The lowest BCUT2D eigenvalue weighted by atomic mass is 9.89. The summed E-state index contributed by atoms with van der Waals surface area (Å²) in [5, 5.41) is 0. The molecule has 0 spiro atoms. The van der Waals surface area contributed by atoms with Crippen molar-refractivity contribution in [2.24, 2.45) is 0 Å². The summed E-state index contributed by atoms with van der Waals surface area (Å²) < 4.78 is 35.2. The minimum Gasteiger partial charge on any atom is -0.457 e. The molecule has 2 aliphatic rings. The number of likely N-dealkylation sites (N-methyl/N-ethyl adjacent to an activating group) is 1. The van der Waals surface area contributed by atoms with Crippen molar-refractivity contribution in [2.45, 2.75) is 30.2 Å². The maximum atomic E-state index is 13.8. The Kier molecular flexibility index (Phi) is 5.98. The zero-order chi connectivity index (χ0) is 24.7. The molecule has 182 valence electrons. The Morgan fingerprint density at radius 1 is 0.971 bits per heavy atom. The first kappa shape index (κ1) is 23.3. The molecule has 0 aromatic heterocycles. The smallest absolute Gasteiger partial charge is 0.317 e. The third-order valence-electron chi connectivity index (χ3n) is 6.73. The van der Waals surface area contributed by atoms with E-state index in [1.54, 1.807) is 52.8 Å². The highest BCUT2D eigenvalue weighted by molar-refractivity contribution is 7.92. The molecule has 0 saturated carbocycles. The molecule has 1 saturated heterocycles. The highest BCUT2D eigenvalue weighted by Crippen LogP contribution is 2.47. The van der Waals surface area contributed by atoms with Crippen molar-refractivity contribution < 1.29 is 22.9 Å². The molecule has 0 radical (unpaired) electrons. The van der Waals surface area contributed by atoms with Crippen molar-refractivity contribution in [1.29, 1.82) is 0 Å². The van der Waals surface area contributed by atoms with Gasteiger partial charge in [0.1, 0.15) is 11.5 Å². The summed E-state index contributed by atoms with van der Waals surface area (Å²) in [6.07, 6.45) is 0.787. The molecule has 9 heteroatoms. The summed E-state index contributed by atoms with van der Waals surface area (Å²) in [6, 6.07) is 18.9. The minimum absolute atomic E-state index is 0.0879.